The lowest BCUT2D eigenvalue weighted by molar-refractivity contribution is 0.0607. The van der Waals surface area contributed by atoms with Crippen LogP contribution < -0.4 is 5.32 Å². The van der Waals surface area contributed by atoms with Gasteiger partial charge in [0.15, 0.2) is 5.11 Å². The quantitative estimate of drug-likeness (QED) is 0.642. The van der Waals surface area contributed by atoms with Gasteiger partial charge in [-0.3, -0.25) is 0 Å². The molecule has 1 aliphatic rings. The number of esters is 1. The summed E-state index contributed by atoms with van der Waals surface area (Å²) in [6.07, 6.45) is 3.39. The number of methoxy groups -OCH3 is 1. The molecule has 0 atom stereocenters. The van der Waals surface area contributed by atoms with Crippen LogP contribution in [-0.4, -0.2) is 36.2 Å². The molecular formula is C19H22N2O2S2. The average molecular weight is 375 g/mol. The fourth-order valence-electron chi connectivity index (χ4n) is 3.14. The number of piperidine rings is 1. The summed E-state index contributed by atoms with van der Waals surface area (Å²) < 4.78 is 4.81. The highest BCUT2D eigenvalue weighted by Crippen LogP contribution is 2.25. The minimum atomic E-state index is -0.332. The van der Waals surface area contributed by atoms with Gasteiger partial charge < -0.3 is 15.0 Å². The first-order valence-corrected chi connectivity index (χ1v) is 9.72. The highest BCUT2D eigenvalue weighted by Gasteiger charge is 2.22. The molecule has 25 heavy (non-hydrogen) atoms. The number of hydrogen-bond donors (Lipinski definition) is 1. The zero-order chi connectivity index (χ0) is 17.6. The van der Waals surface area contributed by atoms with E-state index in [-0.39, 0.29) is 5.97 Å². The SMILES string of the molecule is COC(=O)c1sccc1NC(=S)N1CCC(Cc2ccccc2)CC1. The number of thiophene rings is 1. The monoisotopic (exact) mass is 374 g/mol. The number of rotatable bonds is 4. The number of carbonyl (C=O) groups is 1. The maximum atomic E-state index is 11.8. The van der Waals surface area contributed by atoms with Gasteiger partial charge in [-0.2, -0.15) is 0 Å². The zero-order valence-electron chi connectivity index (χ0n) is 14.2. The van der Waals surface area contributed by atoms with Crippen LogP contribution in [0.1, 0.15) is 28.1 Å². The molecule has 0 bridgehead atoms. The maximum absolute atomic E-state index is 11.8. The second-order valence-electron chi connectivity index (χ2n) is 6.21. The smallest absolute Gasteiger partial charge is 0.350 e. The number of nitrogens with one attached hydrogen (secondary N) is 1. The van der Waals surface area contributed by atoms with Gasteiger partial charge in [0.25, 0.3) is 0 Å². The number of ether oxygens (including phenoxy) is 1. The normalized spacial score (nSPS) is 15.0. The van der Waals surface area contributed by atoms with E-state index >= 15 is 0 Å². The number of likely N-dealkylation sites (tertiary alicyclic amines) is 1. The second-order valence-corrected chi connectivity index (χ2v) is 7.51. The second kappa shape index (κ2) is 8.45. The maximum Gasteiger partial charge on any atom is 0.350 e. The Morgan fingerprint density at radius 2 is 2.00 bits per heavy atom. The molecule has 2 heterocycles. The van der Waals surface area contributed by atoms with E-state index in [4.69, 9.17) is 17.0 Å². The molecule has 1 fully saturated rings. The summed E-state index contributed by atoms with van der Waals surface area (Å²) in [6, 6.07) is 12.5. The standard InChI is InChI=1S/C19H22N2O2S2/c1-23-18(22)17-16(9-12-25-17)20-19(24)21-10-7-15(8-11-21)13-14-5-3-2-4-6-14/h2-6,9,12,15H,7-8,10-11,13H2,1H3,(H,20,24). The third-order valence-electron chi connectivity index (χ3n) is 4.55. The van der Waals surface area contributed by atoms with Gasteiger partial charge in [-0.25, -0.2) is 4.79 Å². The molecule has 132 valence electrons. The van der Waals surface area contributed by atoms with Crippen molar-refractivity contribution in [3.63, 3.8) is 0 Å². The van der Waals surface area contributed by atoms with E-state index in [0.717, 1.165) is 38.0 Å². The molecule has 0 saturated carbocycles. The summed E-state index contributed by atoms with van der Waals surface area (Å²) in [5.74, 6) is 0.370. The van der Waals surface area contributed by atoms with E-state index in [2.05, 4.69) is 40.5 Å². The van der Waals surface area contributed by atoms with Gasteiger partial charge in [0.1, 0.15) is 4.88 Å². The van der Waals surface area contributed by atoms with Gasteiger partial charge in [-0.1, -0.05) is 30.3 Å². The third-order valence-corrected chi connectivity index (χ3v) is 5.80. The van der Waals surface area contributed by atoms with Crippen molar-refractivity contribution in [1.29, 1.82) is 0 Å². The van der Waals surface area contributed by atoms with Crippen molar-refractivity contribution in [3.05, 3.63) is 52.2 Å². The molecule has 1 aliphatic heterocycles. The predicted octanol–water partition coefficient (Wildman–Crippen LogP) is 4.19. The molecule has 1 aromatic carbocycles. The number of anilines is 1. The van der Waals surface area contributed by atoms with Gasteiger partial charge in [0.2, 0.25) is 0 Å². The lowest BCUT2D eigenvalue weighted by atomic mass is 9.90. The molecule has 0 unspecified atom stereocenters. The molecule has 0 spiro atoms. The van der Waals surface area contributed by atoms with Gasteiger partial charge in [0, 0.05) is 13.1 Å². The topological polar surface area (TPSA) is 41.6 Å². The molecular weight excluding hydrogens is 352 g/mol. The Kier molecular flexibility index (Phi) is 6.04. The van der Waals surface area contributed by atoms with Crippen LogP contribution in [0.2, 0.25) is 0 Å². The Hall–Kier alpha value is -1.92. The fourth-order valence-corrected chi connectivity index (χ4v) is 4.20. The van der Waals surface area contributed by atoms with Crippen LogP contribution in [0.25, 0.3) is 0 Å². The zero-order valence-corrected chi connectivity index (χ0v) is 15.9. The number of benzene rings is 1. The highest BCUT2D eigenvalue weighted by molar-refractivity contribution is 7.80. The van der Waals surface area contributed by atoms with Crippen molar-refractivity contribution >= 4 is 40.3 Å². The molecule has 2 aromatic rings. The molecule has 1 saturated heterocycles. The minimum Gasteiger partial charge on any atom is -0.465 e. The van der Waals surface area contributed by atoms with Crippen LogP contribution in [0.15, 0.2) is 41.8 Å². The molecule has 6 heteroatoms. The highest BCUT2D eigenvalue weighted by atomic mass is 32.1. The first kappa shape index (κ1) is 17.9. The van der Waals surface area contributed by atoms with Crippen molar-refractivity contribution in [1.82, 2.24) is 4.90 Å². The van der Waals surface area contributed by atoms with Crippen molar-refractivity contribution in [3.8, 4) is 0 Å². The molecule has 0 aliphatic carbocycles. The van der Waals surface area contributed by atoms with Gasteiger partial charge in [-0.15, -0.1) is 11.3 Å². The summed E-state index contributed by atoms with van der Waals surface area (Å²) >= 11 is 6.90. The van der Waals surface area contributed by atoms with Crippen LogP contribution in [0.5, 0.6) is 0 Å². The molecule has 0 radical (unpaired) electrons. The number of thiocarbonyl (C=S) groups is 1. The summed E-state index contributed by atoms with van der Waals surface area (Å²) in [6.45, 7) is 1.89. The first-order valence-electron chi connectivity index (χ1n) is 8.43. The van der Waals surface area contributed by atoms with Crippen LogP contribution in [0.4, 0.5) is 5.69 Å². The Bertz CT molecular complexity index is 722. The van der Waals surface area contributed by atoms with E-state index in [1.807, 2.05) is 11.4 Å². The van der Waals surface area contributed by atoms with E-state index in [0.29, 0.717) is 15.9 Å². The fraction of sp³-hybridized carbons (Fsp3) is 0.368. The van der Waals surface area contributed by atoms with E-state index in [1.165, 1.54) is 24.0 Å². The van der Waals surface area contributed by atoms with Gasteiger partial charge >= 0.3 is 5.97 Å². The molecule has 4 nitrogen and oxygen atoms in total. The van der Waals surface area contributed by atoms with E-state index in [9.17, 15) is 4.79 Å². The Labute approximate surface area is 157 Å². The predicted molar refractivity (Wildman–Crippen MR) is 106 cm³/mol. The van der Waals surface area contributed by atoms with Crippen LogP contribution in [-0.2, 0) is 11.2 Å². The molecule has 3 rings (SSSR count). The Morgan fingerprint density at radius 3 is 2.68 bits per heavy atom. The summed E-state index contributed by atoms with van der Waals surface area (Å²) in [5.41, 5.74) is 2.14. The van der Waals surface area contributed by atoms with Crippen LogP contribution >= 0.6 is 23.6 Å². The largest absolute Gasteiger partial charge is 0.465 e. The van der Waals surface area contributed by atoms with E-state index in [1.54, 1.807) is 0 Å². The van der Waals surface area contributed by atoms with Crippen molar-refractivity contribution < 1.29 is 9.53 Å². The van der Waals surface area contributed by atoms with E-state index < -0.39 is 0 Å². The van der Waals surface area contributed by atoms with Crippen LogP contribution in [0.3, 0.4) is 0 Å². The number of hydrogen-bond acceptors (Lipinski definition) is 4. The summed E-state index contributed by atoms with van der Waals surface area (Å²) in [5, 5.41) is 5.75. The number of carbonyl (C=O) groups excluding carboxylic acids is 1. The van der Waals surface area contributed by atoms with Gasteiger partial charge in [0.05, 0.1) is 12.8 Å². The van der Waals surface area contributed by atoms with Gasteiger partial charge in [-0.05, 0) is 54.4 Å². The molecule has 1 N–H and O–H groups in total. The average Bonchev–Trinajstić information content (AvgIpc) is 3.10. The molecule has 0 amide bonds. The minimum absolute atomic E-state index is 0.332. The van der Waals surface area contributed by atoms with Crippen molar-refractivity contribution in [2.75, 3.05) is 25.5 Å². The summed E-state index contributed by atoms with van der Waals surface area (Å²) in [7, 11) is 1.39. The lowest BCUT2D eigenvalue weighted by Gasteiger charge is -2.34. The lowest BCUT2D eigenvalue weighted by Crippen LogP contribution is -2.41. The van der Waals surface area contributed by atoms with Crippen molar-refractivity contribution in [2.24, 2.45) is 5.92 Å². The number of nitrogens with zero attached hydrogens (tertiary/aromatic N) is 1. The Morgan fingerprint density at radius 1 is 1.28 bits per heavy atom. The Balaban J connectivity index is 1.52. The summed E-state index contributed by atoms with van der Waals surface area (Å²) in [4.78, 5) is 14.5. The first-order chi connectivity index (χ1) is 12.2. The van der Waals surface area contributed by atoms with Crippen LogP contribution in [0, 0.1) is 5.92 Å². The van der Waals surface area contributed by atoms with Crippen molar-refractivity contribution in [2.45, 2.75) is 19.3 Å². The third kappa shape index (κ3) is 4.58. The molecule has 1 aromatic heterocycles.